The van der Waals surface area contributed by atoms with E-state index in [4.69, 9.17) is 4.74 Å². The van der Waals surface area contributed by atoms with E-state index in [0.717, 1.165) is 0 Å². The smallest absolute Gasteiger partial charge is 0.310 e. The fourth-order valence-corrected chi connectivity index (χ4v) is 1.92. The van der Waals surface area contributed by atoms with Gasteiger partial charge in [-0.15, -0.1) is 0 Å². The molecular weight excluding hydrogens is 317 g/mol. The molecular formula is C13H9BrFNO3. The van der Waals surface area contributed by atoms with E-state index in [1.54, 1.807) is 24.3 Å². The summed E-state index contributed by atoms with van der Waals surface area (Å²) >= 11 is 3.11. The van der Waals surface area contributed by atoms with E-state index in [1.165, 1.54) is 18.2 Å². The van der Waals surface area contributed by atoms with Gasteiger partial charge in [-0.1, -0.05) is 24.3 Å². The zero-order valence-electron chi connectivity index (χ0n) is 9.68. The maximum atomic E-state index is 13.3. The lowest BCUT2D eigenvalue weighted by molar-refractivity contribution is -0.385. The fourth-order valence-electron chi connectivity index (χ4n) is 1.55. The Balaban J connectivity index is 2.19. The van der Waals surface area contributed by atoms with Crippen LogP contribution in [0.3, 0.4) is 0 Å². The van der Waals surface area contributed by atoms with E-state index < -0.39 is 10.7 Å². The van der Waals surface area contributed by atoms with Crippen molar-refractivity contribution in [2.45, 2.75) is 6.61 Å². The molecule has 2 rings (SSSR count). The third-order valence-electron chi connectivity index (χ3n) is 2.48. The second-order valence-electron chi connectivity index (χ2n) is 3.73. The lowest BCUT2D eigenvalue weighted by Crippen LogP contribution is -2.00. The van der Waals surface area contributed by atoms with Crippen LogP contribution in [0.15, 0.2) is 46.9 Å². The molecule has 0 saturated heterocycles. The molecule has 0 aromatic heterocycles. The Labute approximate surface area is 117 Å². The SMILES string of the molecule is O=[N+]([O-])c1ccccc1OCc1cccc(F)c1Br. The number of ether oxygens (including phenoxy) is 1. The summed E-state index contributed by atoms with van der Waals surface area (Å²) < 4.78 is 19.0. The Bertz CT molecular complexity index is 619. The zero-order valence-corrected chi connectivity index (χ0v) is 11.3. The van der Waals surface area contributed by atoms with Crippen LogP contribution in [-0.2, 0) is 6.61 Å². The van der Waals surface area contributed by atoms with E-state index in [2.05, 4.69) is 15.9 Å². The number of para-hydroxylation sites is 2. The Kier molecular flexibility index (Phi) is 4.11. The first kappa shape index (κ1) is 13.5. The highest BCUT2D eigenvalue weighted by atomic mass is 79.9. The number of rotatable bonds is 4. The van der Waals surface area contributed by atoms with Crippen LogP contribution in [0.25, 0.3) is 0 Å². The minimum atomic E-state index is -0.518. The minimum absolute atomic E-state index is 0.0448. The van der Waals surface area contributed by atoms with Crippen molar-refractivity contribution in [1.29, 1.82) is 0 Å². The molecule has 0 fully saturated rings. The summed E-state index contributed by atoms with van der Waals surface area (Å²) in [7, 11) is 0. The van der Waals surface area contributed by atoms with Gasteiger partial charge < -0.3 is 4.74 Å². The van der Waals surface area contributed by atoms with Gasteiger partial charge in [0.2, 0.25) is 0 Å². The van der Waals surface area contributed by atoms with Gasteiger partial charge in [0.15, 0.2) is 5.75 Å². The third kappa shape index (κ3) is 3.08. The van der Waals surface area contributed by atoms with Crippen molar-refractivity contribution in [2.75, 3.05) is 0 Å². The van der Waals surface area contributed by atoms with Gasteiger partial charge in [-0.05, 0) is 28.1 Å². The highest BCUT2D eigenvalue weighted by Gasteiger charge is 2.14. The number of nitro groups is 1. The summed E-state index contributed by atoms with van der Waals surface area (Å²) in [5, 5.41) is 10.8. The molecule has 0 unspecified atom stereocenters. The van der Waals surface area contributed by atoms with Crippen molar-refractivity contribution in [3.8, 4) is 5.75 Å². The quantitative estimate of drug-likeness (QED) is 0.628. The predicted molar refractivity (Wildman–Crippen MR) is 71.5 cm³/mol. The van der Waals surface area contributed by atoms with E-state index in [0.29, 0.717) is 10.0 Å². The number of hydrogen-bond donors (Lipinski definition) is 0. The average Bonchev–Trinajstić information content (AvgIpc) is 2.40. The van der Waals surface area contributed by atoms with Crippen LogP contribution in [0.4, 0.5) is 10.1 Å². The Hall–Kier alpha value is -1.95. The van der Waals surface area contributed by atoms with Crippen molar-refractivity contribution >= 4 is 21.6 Å². The Morgan fingerprint density at radius 3 is 2.68 bits per heavy atom. The fraction of sp³-hybridized carbons (Fsp3) is 0.0769. The van der Waals surface area contributed by atoms with Crippen LogP contribution in [0.5, 0.6) is 5.75 Å². The first-order valence-electron chi connectivity index (χ1n) is 5.38. The van der Waals surface area contributed by atoms with Crippen molar-refractivity contribution < 1.29 is 14.1 Å². The van der Waals surface area contributed by atoms with Crippen molar-refractivity contribution in [3.05, 3.63) is 68.4 Å². The molecule has 4 nitrogen and oxygen atoms in total. The second kappa shape index (κ2) is 5.79. The standard InChI is InChI=1S/C13H9BrFNO3/c14-13-9(4-3-5-10(13)15)8-19-12-7-2-1-6-11(12)16(17)18/h1-7H,8H2. The van der Waals surface area contributed by atoms with Crippen LogP contribution in [-0.4, -0.2) is 4.92 Å². The van der Waals surface area contributed by atoms with E-state index in [1.807, 2.05) is 0 Å². The van der Waals surface area contributed by atoms with Gasteiger partial charge in [0.05, 0.1) is 9.40 Å². The molecule has 0 atom stereocenters. The molecule has 0 aliphatic carbocycles. The predicted octanol–water partition coefficient (Wildman–Crippen LogP) is 4.08. The summed E-state index contributed by atoms with van der Waals surface area (Å²) in [5.41, 5.74) is 0.466. The molecule has 2 aromatic rings. The molecule has 0 radical (unpaired) electrons. The molecule has 2 aromatic carbocycles. The lowest BCUT2D eigenvalue weighted by atomic mass is 10.2. The normalized spacial score (nSPS) is 10.2. The monoisotopic (exact) mass is 325 g/mol. The van der Waals surface area contributed by atoms with E-state index in [-0.39, 0.29) is 18.0 Å². The van der Waals surface area contributed by atoms with E-state index >= 15 is 0 Å². The number of nitro benzene ring substituents is 1. The van der Waals surface area contributed by atoms with Crippen molar-refractivity contribution in [2.24, 2.45) is 0 Å². The molecule has 0 saturated carbocycles. The summed E-state index contributed by atoms with van der Waals surface area (Å²) in [6.45, 7) is 0.0448. The van der Waals surface area contributed by atoms with Crippen molar-refractivity contribution in [1.82, 2.24) is 0 Å². The van der Waals surface area contributed by atoms with Gasteiger partial charge in [-0.25, -0.2) is 4.39 Å². The van der Waals surface area contributed by atoms with Crippen LogP contribution < -0.4 is 4.74 Å². The first-order chi connectivity index (χ1) is 9.09. The zero-order chi connectivity index (χ0) is 13.8. The van der Waals surface area contributed by atoms with Gasteiger partial charge in [0, 0.05) is 11.6 Å². The number of halogens is 2. The van der Waals surface area contributed by atoms with Gasteiger partial charge in [-0.2, -0.15) is 0 Å². The maximum Gasteiger partial charge on any atom is 0.310 e. The Morgan fingerprint density at radius 2 is 1.95 bits per heavy atom. The molecule has 0 aliphatic rings. The minimum Gasteiger partial charge on any atom is -0.482 e. The topological polar surface area (TPSA) is 52.4 Å². The lowest BCUT2D eigenvalue weighted by Gasteiger charge is -2.08. The van der Waals surface area contributed by atoms with Gasteiger partial charge in [0.1, 0.15) is 12.4 Å². The molecule has 0 aliphatic heterocycles. The summed E-state index contributed by atoms with van der Waals surface area (Å²) in [4.78, 5) is 10.3. The number of benzene rings is 2. The average molecular weight is 326 g/mol. The Morgan fingerprint density at radius 1 is 1.21 bits per heavy atom. The maximum absolute atomic E-state index is 13.3. The molecule has 98 valence electrons. The molecule has 19 heavy (non-hydrogen) atoms. The molecule has 0 bridgehead atoms. The molecule has 0 N–H and O–H groups in total. The van der Waals surface area contributed by atoms with Gasteiger partial charge in [-0.3, -0.25) is 10.1 Å². The van der Waals surface area contributed by atoms with Crippen LogP contribution in [0.2, 0.25) is 0 Å². The third-order valence-corrected chi connectivity index (χ3v) is 3.36. The summed E-state index contributed by atoms with van der Waals surface area (Å²) in [6.07, 6.45) is 0. The molecule has 0 heterocycles. The van der Waals surface area contributed by atoms with Crippen LogP contribution in [0.1, 0.15) is 5.56 Å². The van der Waals surface area contributed by atoms with Crippen LogP contribution >= 0.6 is 15.9 Å². The van der Waals surface area contributed by atoms with Gasteiger partial charge >= 0.3 is 5.69 Å². The van der Waals surface area contributed by atoms with Crippen LogP contribution in [0, 0.1) is 15.9 Å². The highest BCUT2D eigenvalue weighted by molar-refractivity contribution is 9.10. The van der Waals surface area contributed by atoms with Crippen molar-refractivity contribution in [3.63, 3.8) is 0 Å². The molecule has 0 spiro atoms. The summed E-state index contributed by atoms with van der Waals surface area (Å²) in [5.74, 6) is -0.243. The molecule has 0 amide bonds. The van der Waals surface area contributed by atoms with E-state index in [9.17, 15) is 14.5 Å². The largest absolute Gasteiger partial charge is 0.482 e. The summed E-state index contributed by atoms with van der Waals surface area (Å²) in [6, 6.07) is 10.6. The molecule has 6 heteroatoms. The second-order valence-corrected chi connectivity index (χ2v) is 4.52. The number of nitrogens with zero attached hydrogens (tertiary/aromatic N) is 1. The first-order valence-corrected chi connectivity index (χ1v) is 6.18. The highest BCUT2D eigenvalue weighted by Crippen LogP contribution is 2.28. The van der Waals surface area contributed by atoms with Gasteiger partial charge in [0.25, 0.3) is 0 Å². The number of hydrogen-bond acceptors (Lipinski definition) is 3.